The average Bonchev–Trinajstić information content (AvgIpc) is 2.20. The smallest absolute Gasteiger partial charge is 0.273 e. The minimum absolute atomic E-state index is 1.42. The van der Waals surface area contributed by atoms with Gasteiger partial charge < -0.3 is 0 Å². The van der Waals surface area contributed by atoms with E-state index in [0.29, 0.717) is 0 Å². The topological polar surface area (TPSA) is 69.7 Å². The van der Waals surface area contributed by atoms with Crippen LogP contribution >= 0.6 is 7.99 Å². The Balaban J connectivity index is 2.94. The number of halogens is 5. The summed E-state index contributed by atoms with van der Waals surface area (Å²) >= 11 is 0. The minimum Gasteiger partial charge on any atom is -0.273 e. The summed E-state index contributed by atoms with van der Waals surface area (Å²) in [6.45, 7) is 0. The highest BCUT2D eigenvalue weighted by atomic mass is 32.2. The Bertz CT molecular complexity index is 411. The van der Waals surface area contributed by atoms with Crippen molar-refractivity contribution in [3.8, 4) is 0 Å². The highest BCUT2D eigenvalue weighted by molar-refractivity contribution is 7.87. The first-order chi connectivity index (χ1) is 6.91. The van der Waals surface area contributed by atoms with Crippen LogP contribution in [0.15, 0.2) is 0 Å². The van der Waals surface area contributed by atoms with E-state index < -0.39 is 42.2 Å². The first-order valence-corrected chi connectivity index (χ1v) is 6.54. The second-order valence-electron chi connectivity index (χ2n) is 2.84. The molecule has 5 nitrogen and oxygen atoms in total. The molecule has 0 aromatic carbocycles. The summed E-state index contributed by atoms with van der Waals surface area (Å²) in [5, 5.41) is 0. The first-order valence-electron chi connectivity index (χ1n) is 3.56. The largest absolute Gasteiger partial charge is 0.552 e. The maximum atomic E-state index is 12.1. The molecule has 0 bridgehead atoms. The molecule has 0 aromatic heterocycles. The van der Waals surface area contributed by atoms with Crippen molar-refractivity contribution < 1.29 is 43.3 Å². The predicted octanol–water partition coefficient (Wildman–Crippen LogP) is 1.71. The van der Waals surface area contributed by atoms with Crippen molar-refractivity contribution in [3.05, 3.63) is 0 Å². The number of hydrogen-bond donors (Lipinski definition) is 0. The molecule has 0 spiro atoms. The van der Waals surface area contributed by atoms with Crippen LogP contribution in [0.1, 0.15) is 0 Å². The van der Waals surface area contributed by atoms with Gasteiger partial charge in [-0.15, -0.1) is 8.39 Å². The molecule has 16 heavy (non-hydrogen) atoms. The number of rotatable bonds is 2. The Morgan fingerprint density at radius 1 is 1.31 bits per heavy atom. The zero-order chi connectivity index (χ0) is 12.8. The van der Waals surface area contributed by atoms with E-state index in [4.69, 9.17) is 0 Å². The fourth-order valence-electron chi connectivity index (χ4n) is 1.06. The second-order valence-corrected chi connectivity index (χ2v) is 5.52. The lowest BCUT2D eigenvalue weighted by atomic mass is 10.2. The molecule has 12 heteroatoms. The molecule has 2 unspecified atom stereocenters. The molecule has 1 heterocycles. The van der Waals surface area contributed by atoms with E-state index in [9.17, 15) is 34.5 Å². The molecule has 0 saturated carbocycles. The third kappa shape index (κ3) is 3.65. The van der Waals surface area contributed by atoms with Gasteiger partial charge in [0, 0.05) is 0 Å². The van der Waals surface area contributed by atoms with Crippen molar-refractivity contribution in [1.82, 2.24) is 0 Å². The van der Waals surface area contributed by atoms with Crippen molar-refractivity contribution in [2.75, 3.05) is 5.75 Å². The third-order valence-corrected chi connectivity index (χ3v) is 3.29. The summed E-state index contributed by atoms with van der Waals surface area (Å²) in [4.78, 5) is 0. The monoisotopic (exact) mass is 290 g/mol. The molecular formula is C4H4F5O5PS. The summed E-state index contributed by atoms with van der Waals surface area (Å²) in [5.41, 5.74) is 0. The van der Waals surface area contributed by atoms with Gasteiger partial charge in [-0.1, -0.05) is 0 Å². The van der Waals surface area contributed by atoms with Crippen LogP contribution in [0.2, 0.25) is 0 Å². The highest BCUT2D eigenvalue weighted by Crippen LogP contribution is 2.53. The van der Waals surface area contributed by atoms with Gasteiger partial charge >= 0.3 is 14.2 Å². The van der Waals surface area contributed by atoms with Crippen molar-refractivity contribution in [3.63, 3.8) is 0 Å². The van der Waals surface area contributed by atoms with Crippen molar-refractivity contribution >= 4 is 18.1 Å². The maximum Gasteiger partial charge on any atom is 0.552 e. The molecule has 0 radical (unpaired) electrons. The molecule has 1 saturated heterocycles. The molecule has 0 N–H and O–H groups in total. The van der Waals surface area contributed by atoms with Crippen molar-refractivity contribution in [2.45, 2.75) is 18.4 Å². The van der Waals surface area contributed by atoms with Gasteiger partial charge in [0.2, 0.25) is 0 Å². The molecule has 2 atom stereocenters. The molecule has 96 valence electrons. The standard InChI is InChI=1S/C4H4F5O5PS/c5-4(6,7)3-2(13-15(8,9)10)1-16(11,12)14-3/h2-3H,1H2. The Hall–Kier alpha value is -0.250. The SMILES string of the molecule is O=P(F)(F)OC1CS(=O)(=O)OC1C(F)(F)F. The summed E-state index contributed by atoms with van der Waals surface area (Å²) in [6.07, 6.45) is -10.8. The lowest BCUT2D eigenvalue weighted by Crippen LogP contribution is -2.38. The van der Waals surface area contributed by atoms with Crippen LogP contribution in [0.25, 0.3) is 0 Å². The molecule has 0 amide bonds. The van der Waals surface area contributed by atoms with E-state index in [-0.39, 0.29) is 0 Å². The van der Waals surface area contributed by atoms with E-state index in [1.807, 2.05) is 0 Å². The summed E-state index contributed by atoms with van der Waals surface area (Å²) in [6, 6.07) is 0. The van der Waals surface area contributed by atoms with Crippen LogP contribution in [0.5, 0.6) is 0 Å². The van der Waals surface area contributed by atoms with E-state index >= 15 is 0 Å². The van der Waals surface area contributed by atoms with Crippen LogP contribution in [-0.2, 0) is 23.4 Å². The lowest BCUT2D eigenvalue weighted by molar-refractivity contribution is -0.207. The van der Waals surface area contributed by atoms with E-state index in [0.717, 1.165) is 0 Å². The zero-order valence-electron chi connectivity index (χ0n) is 7.15. The van der Waals surface area contributed by atoms with Gasteiger partial charge in [0.05, 0.1) is 0 Å². The van der Waals surface area contributed by atoms with Crippen LogP contribution in [0.3, 0.4) is 0 Å². The van der Waals surface area contributed by atoms with Gasteiger partial charge in [-0.3, -0.25) is 8.71 Å². The minimum atomic E-state index is -6.22. The molecule has 0 aliphatic carbocycles. The molecule has 0 aromatic rings. The fourth-order valence-corrected chi connectivity index (χ4v) is 2.93. The summed E-state index contributed by atoms with van der Waals surface area (Å²) in [5.74, 6) is -1.42. The maximum absolute atomic E-state index is 12.1. The van der Waals surface area contributed by atoms with E-state index in [1.54, 1.807) is 0 Å². The van der Waals surface area contributed by atoms with Gasteiger partial charge in [0.1, 0.15) is 11.9 Å². The van der Waals surface area contributed by atoms with Gasteiger partial charge in [0.15, 0.2) is 6.10 Å². The molecule has 1 aliphatic heterocycles. The fraction of sp³-hybridized carbons (Fsp3) is 1.00. The van der Waals surface area contributed by atoms with Gasteiger partial charge in [0.25, 0.3) is 10.1 Å². The van der Waals surface area contributed by atoms with Crippen LogP contribution < -0.4 is 0 Å². The molecule has 1 fully saturated rings. The summed E-state index contributed by atoms with van der Waals surface area (Å²) < 4.78 is 98.2. The van der Waals surface area contributed by atoms with Gasteiger partial charge in [-0.25, -0.2) is 4.57 Å². The Morgan fingerprint density at radius 2 is 1.81 bits per heavy atom. The van der Waals surface area contributed by atoms with Crippen molar-refractivity contribution in [2.24, 2.45) is 0 Å². The molecule has 1 rings (SSSR count). The highest BCUT2D eigenvalue weighted by Gasteiger charge is 2.57. The number of alkyl halides is 3. The Morgan fingerprint density at radius 3 is 2.19 bits per heavy atom. The van der Waals surface area contributed by atoms with Crippen LogP contribution in [0, 0.1) is 0 Å². The van der Waals surface area contributed by atoms with Gasteiger partial charge in [-0.2, -0.15) is 21.6 Å². The average molecular weight is 290 g/mol. The quantitative estimate of drug-likeness (QED) is 0.440. The van der Waals surface area contributed by atoms with Crippen molar-refractivity contribution in [1.29, 1.82) is 0 Å². The zero-order valence-corrected chi connectivity index (χ0v) is 8.86. The van der Waals surface area contributed by atoms with Crippen LogP contribution in [-0.4, -0.2) is 32.6 Å². The normalized spacial score (nSPS) is 30.6. The Labute approximate surface area is 86.3 Å². The first kappa shape index (κ1) is 13.8. The van der Waals surface area contributed by atoms with E-state index in [1.165, 1.54) is 0 Å². The second kappa shape index (κ2) is 3.90. The lowest BCUT2D eigenvalue weighted by Gasteiger charge is -2.18. The summed E-state index contributed by atoms with van der Waals surface area (Å²) in [7, 11) is -10.8. The van der Waals surface area contributed by atoms with Gasteiger partial charge in [-0.05, 0) is 0 Å². The molecular weight excluding hydrogens is 286 g/mol. The third-order valence-electron chi connectivity index (χ3n) is 1.54. The van der Waals surface area contributed by atoms with Crippen LogP contribution in [0.4, 0.5) is 21.6 Å². The predicted molar refractivity (Wildman–Crippen MR) is 39.4 cm³/mol. The number of hydrogen-bond acceptors (Lipinski definition) is 5. The Kier molecular flexibility index (Phi) is 3.36. The van der Waals surface area contributed by atoms with E-state index in [2.05, 4.69) is 8.71 Å². The molecule has 1 aliphatic rings.